The van der Waals surface area contributed by atoms with Crippen molar-refractivity contribution in [2.24, 2.45) is 0 Å². The quantitative estimate of drug-likeness (QED) is 0.781. The van der Waals surface area contributed by atoms with Crippen molar-refractivity contribution in [3.63, 3.8) is 0 Å². The SMILES string of the molecule is COc1ccc2c(c1)NC(=O)CN2c1nccc2nccnc12. The molecule has 0 fully saturated rings. The molecular formula is C16H13N5O2. The van der Waals surface area contributed by atoms with E-state index in [0.717, 1.165) is 11.2 Å². The summed E-state index contributed by atoms with van der Waals surface area (Å²) in [6, 6.07) is 7.32. The van der Waals surface area contributed by atoms with Crippen LogP contribution in [0.3, 0.4) is 0 Å². The number of pyridine rings is 1. The molecule has 3 heterocycles. The van der Waals surface area contributed by atoms with Crippen LogP contribution in [0.4, 0.5) is 17.2 Å². The molecule has 4 rings (SSSR count). The van der Waals surface area contributed by atoms with Crippen LogP contribution in [0.1, 0.15) is 0 Å². The van der Waals surface area contributed by atoms with E-state index in [1.165, 1.54) is 0 Å². The van der Waals surface area contributed by atoms with Crippen molar-refractivity contribution >= 4 is 34.1 Å². The standard InChI is InChI=1S/C16H13N5O2/c1-23-10-2-3-13-12(8-10)20-14(22)9-21(13)16-15-11(4-5-19-16)17-6-7-18-15/h2-8H,9H2,1H3,(H,20,22). The average Bonchev–Trinajstić information content (AvgIpc) is 2.60. The van der Waals surface area contributed by atoms with E-state index in [2.05, 4.69) is 20.3 Å². The number of nitrogens with zero attached hydrogens (tertiary/aromatic N) is 4. The summed E-state index contributed by atoms with van der Waals surface area (Å²) in [4.78, 5) is 27.0. The zero-order chi connectivity index (χ0) is 15.8. The molecule has 1 aromatic carbocycles. The van der Waals surface area contributed by atoms with Crippen LogP contribution in [0, 0.1) is 0 Å². The number of ether oxygens (including phenoxy) is 1. The van der Waals surface area contributed by atoms with Gasteiger partial charge in [-0.25, -0.2) is 9.97 Å². The number of methoxy groups -OCH3 is 1. The van der Waals surface area contributed by atoms with Crippen LogP contribution in [0.2, 0.25) is 0 Å². The summed E-state index contributed by atoms with van der Waals surface area (Å²) in [6.45, 7) is 0.169. The van der Waals surface area contributed by atoms with Crippen molar-refractivity contribution in [2.45, 2.75) is 0 Å². The molecule has 0 bridgehead atoms. The molecule has 0 atom stereocenters. The van der Waals surface area contributed by atoms with Crippen LogP contribution >= 0.6 is 0 Å². The molecule has 0 saturated heterocycles. The number of fused-ring (bicyclic) bond motifs is 2. The zero-order valence-electron chi connectivity index (χ0n) is 12.4. The van der Waals surface area contributed by atoms with Gasteiger partial charge >= 0.3 is 0 Å². The van der Waals surface area contributed by atoms with Gasteiger partial charge in [-0.2, -0.15) is 0 Å². The van der Waals surface area contributed by atoms with Gasteiger partial charge in [0.1, 0.15) is 17.8 Å². The first-order valence-corrected chi connectivity index (χ1v) is 7.07. The normalized spacial score (nSPS) is 13.6. The third-order valence-electron chi connectivity index (χ3n) is 3.69. The molecule has 1 aliphatic heterocycles. The minimum absolute atomic E-state index is 0.117. The second kappa shape index (κ2) is 5.20. The summed E-state index contributed by atoms with van der Waals surface area (Å²) >= 11 is 0. The van der Waals surface area contributed by atoms with Crippen molar-refractivity contribution in [2.75, 3.05) is 23.9 Å². The number of carbonyl (C=O) groups is 1. The number of anilines is 3. The third-order valence-corrected chi connectivity index (χ3v) is 3.69. The van der Waals surface area contributed by atoms with E-state index in [9.17, 15) is 4.79 Å². The highest BCUT2D eigenvalue weighted by Crippen LogP contribution is 2.38. The van der Waals surface area contributed by atoms with Crippen LogP contribution in [0.25, 0.3) is 11.0 Å². The molecule has 7 nitrogen and oxygen atoms in total. The van der Waals surface area contributed by atoms with Gasteiger partial charge in [-0.05, 0) is 18.2 Å². The fourth-order valence-electron chi connectivity index (χ4n) is 2.67. The summed E-state index contributed by atoms with van der Waals surface area (Å²) in [5.41, 5.74) is 2.92. The Kier molecular flexibility index (Phi) is 3.04. The lowest BCUT2D eigenvalue weighted by Gasteiger charge is -2.30. The molecule has 0 radical (unpaired) electrons. The monoisotopic (exact) mass is 307 g/mol. The highest BCUT2D eigenvalue weighted by atomic mass is 16.5. The number of carbonyl (C=O) groups excluding carboxylic acids is 1. The van der Waals surface area contributed by atoms with Gasteiger partial charge < -0.3 is 15.0 Å². The Hall–Kier alpha value is -3.22. The topological polar surface area (TPSA) is 80.2 Å². The van der Waals surface area contributed by atoms with Gasteiger partial charge in [0.15, 0.2) is 5.82 Å². The lowest BCUT2D eigenvalue weighted by Crippen LogP contribution is -2.35. The Morgan fingerprint density at radius 3 is 2.87 bits per heavy atom. The Bertz CT molecular complexity index is 907. The first kappa shape index (κ1) is 13.4. The van der Waals surface area contributed by atoms with Crippen molar-refractivity contribution in [1.29, 1.82) is 0 Å². The van der Waals surface area contributed by atoms with Crippen molar-refractivity contribution in [3.8, 4) is 5.75 Å². The minimum atomic E-state index is -0.117. The molecular weight excluding hydrogens is 294 g/mol. The van der Waals surface area contributed by atoms with E-state index in [1.54, 1.807) is 37.8 Å². The fourth-order valence-corrected chi connectivity index (χ4v) is 2.67. The molecule has 1 amide bonds. The second-order valence-corrected chi connectivity index (χ2v) is 5.08. The van der Waals surface area contributed by atoms with E-state index in [0.29, 0.717) is 22.8 Å². The molecule has 0 aliphatic carbocycles. The maximum Gasteiger partial charge on any atom is 0.244 e. The van der Waals surface area contributed by atoms with Gasteiger partial charge in [0.05, 0.1) is 24.0 Å². The van der Waals surface area contributed by atoms with Crippen LogP contribution < -0.4 is 15.0 Å². The molecule has 2 aromatic heterocycles. The first-order valence-electron chi connectivity index (χ1n) is 7.07. The molecule has 7 heteroatoms. The Morgan fingerprint density at radius 1 is 1.13 bits per heavy atom. The van der Waals surface area contributed by atoms with E-state index < -0.39 is 0 Å². The van der Waals surface area contributed by atoms with E-state index in [-0.39, 0.29) is 12.5 Å². The minimum Gasteiger partial charge on any atom is -0.497 e. The van der Waals surface area contributed by atoms with Crippen LogP contribution in [0.5, 0.6) is 5.75 Å². The lowest BCUT2D eigenvalue weighted by atomic mass is 10.1. The molecule has 3 aromatic rings. The Morgan fingerprint density at radius 2 is 2.00 bits per heavy atom. The van der Waals surface area contributed by atoms with Gasteiger partial charge in [-0.1, -0.05) is 0 Å². The molecule has 1 N–H and O–H groups in total. The van der Waals surface area contributed by atoms with Gasteiger partial charge in [0, 0.05) is 24.7 Å². The number of hydrogen-bond acceptors (Lipinski definition) is 6. The zero-order valence-corrected chi connectivity index (χ0v) is 12.4. The Labute approximate surface area is 132 Å². The van der Waals surface area contributed by atoms with Crippen LogP contribution in [-0.4, -0.2) is 34.5 Å². The van der Waals surface area contributed by atoms with E-state index >= 15 is 0 Å². The number of amides is 1. The van der Waals surface area contributed by atoms with Gasteiger partial charge in [0.25, 0.3) is 0 Å². The number of aromatic nitrogens is 3. The third kappa shape index (κ3) is 2.22. The lowest BCUT2D eigenvalue weighted by molar-refractivity contribution is -0.115. The van der Waals surface area contributed by atoms with Gasteiger partial charge in [-0.3, -0.25) is 9.78 Å². The largest absolute Gasteiger partial charge is 0.497 e. The Balaban J connectivity index is 1.91. The van der Waals surface area contributed by atoms with Crippen LogP contribution in [0.15, 0.2) is 42.9 Å². The molecule has 114 valence electrons. The number of hydrogen-bond donors (Lipinski definition) is 1. The summed E-state index contributed by atoms with van der Waals surface area (Å²) in [5, 5.41) is 2.86. The van der Waals surface area contributed by atoms with Crippen LogP contribution in [-0.2, 0) is 4.79 Å². The maximum absolute atomic E-state index is 12.1. The van der Waals surface area contributed by atoms with Gasteiger partial charge in [-0.15, -0.1) is 0 Å². The molecule has 0 unspecified atom stereocenters. The molecule has 1 aliphatic rings. The molecule has 23 heavy (non-hydrogen) atoms. The number of rotatable bonds is 2. The van der Waals surface area contributed by atoms with E-state index in [1.807, 2.05) is 17.0 Å². The smallest absolute Gasteiger partial charge is 0.244 e. The highest BCUT2D eigenvalue weighted by Gasteiger charge is 2.26. The highest BCUT2D eigenvalue weighted by molar-refractivity contribution is 6.05. The average molecular weight is 307 g/mol. The van der Waals surface area contributed by atoms with Crippen molar-refractivity contribution in [3.05, 3.63) is 42.9 Å². The predicted octanol–water partition coefficient (Wildman–Crippen LogP) is 2.12. The number of benzene rings is 1. The first-order chi connectivity index (χ1) is 11.3. The fraction of sp³-hybridized carbons (Fsp3) is 0.125. The van der Waals surface area contributed by atoms with Crippen molar-refractivity contribution < 1.29 is 9.53 Å². The van der Waals surface area contributed by atoms with Gasteiger partial charge in [0.2, 0.25) is 5.91 Å². The summed E-state index contributed by atoms with van der Waals surface area (Å²) in [6.07, 6.45) is 4.92. The molecule has 0 spiro atoms. The second-order valence-electron chi connectivity index (χ2n) is 5.08. The number of nitrogens with one attached hydrogen (secondary N) is 1. The van der Waals surface area contributed by atoms with Crippen molar-refractivity contribution in [1.82, 2.24) is 15.0 Å². The summed E-state index contributed by atoms with van der Waals surface area (Å²) in [5.74, 6) is 1.17. The predicted molar refractivity (Wildman–Crippen MR) is 86.0 cm³/mol. The molecule has 0 saturated carbocycles. The van der Waals surface area contributed by atoms with E-state index in [4.69, 9.17) is 4.74 Å². The summed E-state index contributed by atoms with van der Waals surface area (Å²) < 4.78 is 5.22. The summed E-state index contributed by atoms with van der Waals surface area (Å²) in [7, 11) is 1.59. The maximum atomic E-state index is 12.1.